The quantitative estimate of drug-likeness (QED) is 0.507. The van der Waals surface area contributed by atoms with Crippen LogP contribution in [0.4, 0.5) is 0 Å². The van der Waals surface area contributed by atoms with Gasteiger partial charge in [0.15, 0.2) is 0 Å². The number of likely N-dealkylation sites (tertiary alicyclic amines) is 1. The van der Waals surface area contributed by atoms with Gasteiger partial charge >= 0.3 is 0 Å². The summed E-state index contributed by atoms with van der Waals surface area (Å²) in [6.45, 7) is 12.1. The van der Waals surface area contributed by atoms with E-state index in [0.29, 0.717) is 6.04 Å². The Bertz CT molecular complexity index is 237. The largest absolute Gasteiger partial charge is 0.297 e. The minimum absolute atomic E-state index is 0.484. The van der Waals surface area contributed by atoms with Crippen LogP contribution in [0.5, 0.6) is 0 Å². The first-order valence-corrected chi connectivity index (χ1v) is 10.6. The van der Waals surface area contributed by atoms with E-state index in [9.17, 15) is 0 Å². The maximum Gasteiger partial charge on any atom is 0.0404 e. The highest BCUT2D eigenvalue weighted by molar-refractivity contribution is 6.59. The molecular formula is C16H33NSi. The lowest BCUT2D eigenvalue weighted by molar-refractivity contribution is 0.242. The highest BCUT2D eigenvalue weighted by Crippen LogP contribution is 2.22. The maximum atomic E-state index is 2.74. The Hall–Kier alpha value is -0.0831. The highest BCUT2D eigenvalue weighted by Gasteiger charge is 2.20. The van der Waals surface area contributed by atoms with Crippen LogP contribution in [0.1, 0.15) is 53.4 Å². The zero-order chi connectivity index (χ0) is 13.4. The summed E-state index contributed by atoms with van der Waals surface area (Å²) < 4.78 is 0. The van der Waals surface area contributed by atoms with Crippen LogP contribution in [0.3, 0.4) is 0 Å². The van der Waals surface area contributed by atoms with Crippen molar-refractivity contribution in [2.75, 3.05) is 13.1 Å². The van der Waals surface area contributed by atoms with Crippen LogP contribution in [-0.4, -0.2) is 32.8 Å². The van der Waals surface area contributed by atoms with Crippen molar-refractivity contribution in [1.82, 2.24) is 4.90 Å². The van der Waals surface area contributed by atoms with Crippen LogP contribution in [0.15, 0.2) is 11.6 Å². The molecule has 0 N–H and O–H groups in total. The van der Waals surface area contributed by atoms with Crippen LogP contribution in [0.2, 0.25) is 18.1 Å². The monoisotopic (exact) mass is 267 g/mol. The summed E-state index contributed by atoms with van der Waals surface area (Å²) >= 11 is 0. The van der Waals surface area contributed by atoms with E-state index in [1.54, 1.807) is 5.57 Å². The molecule has 1 aliphatic heterocycles. The van der Waals surface area contributed by atoms with Gasteiger partial charge in [-0.3, -0.25) is 4.90 Å². The lowest BCUT2D eigenvalue weighted by Crippen LogP contribution is -2.36. The predicted molar refractivity (Wildman–Crippen MR) is 86.2 cm³/mol. The summed E-state index contributed by atoms with van der Waals surface area (Å²) in [6, 6.07) is 5.06. The van der Waals surface area contributed by atoms with Crippen molar-refractivity contribution in [3.8, 4) is 0 Å². The number of hydrogen-bond acceptors (Lipinski definition) is 1. The summed E-state index contributed by atoms with van der Waals surface area (Å²) in [4.78, 5) is 2.74. The van der Waals surface area contributed by atoms with Gasteiger partial charge in [-0.05, 0) is 45.8 Å². The summed E-state index contributed by atoms with van der Waals surface area (Å²) in [5.41, 5.74) is 1.73. The second-order valence-electron chi connectivity index (χ2n) is 5.88. The standard InChI is InChI=1S/C16H33NSi/c1-5-16(14-18(6-2)7-3)15(4)17-12-10-8-9-11-13-17/h5,15,18H,6-14H2,1-4H3. The van der Waals surface area contributed by atoms with Crippen molar-refractivity contribution in [2.45, 2.75) is 77.6 Å². The Morgan fingerprint density at radius 1 is 1.11 bits per heavy atom. The Morgan fingerprint density at radius 3 is 2.11 bits per heavy atom. The van der Waals surface area contributed by atoms with Crippen molar-refractivity contribution in [2.24, 2.45) is 0 Å². The van der Waals surface area contributed by atoms with Gasteiger partial charge < -0.3 is 0 Å². The summed E-state index contributed by atoms with van der Waals surface area (Å²) in [5.74, 6) is 0. The molecule has 0 radical (unpaired) electrons. The molecule has 1 nitrogen and oxygen atoms in total. The fraction of sp³-hybridized carbons (Fsp3) is 0.875. The van der Waals surface area contributed by atoms with Crippen molar-refractivity contribution < 1.29 is 0 Å². The molecule has 0 saturated carbocycles. The fourth-order valence-electron chi connectivity index (χ4n) is 3.16. The zero-order valence-corrected chi connectivity index (χ0v) is 14.2. The van der Waals surface area contributed by atoms with Crippen LogP contribution >= 0.6 is 0 Å². The first-order chi connectivity index (χ1) is 8.72. The van der Waals surface area contributed by atoms with Gasteiger partial charge in [-0.25, -0.2) is 0 Å². The normalized spacial score (nSPS) is 21.1. The van der Waals surface area contributed by atoms with Gasteiger partial charge in [0.25, 0.3) is 0 Å². The Balaban J connectivity index is 2.57. The molecule has 1 unspecified atom stereocenters. The Morgan fingerprint density at radius 2 is 1.67 bits per heavy atom. The Kier molecular flexibility index (Phi) is 7.92. The molecule has 1 aliphatic rings. The zero-order valence-electron chi connectivity index (χ0n) is 13.0. The third-order valence-corrected chi connectivity index (χ3v) is 8.13. The van der Waals surface area contributed by atoms with Crippen LogP contribution in [0, 0.1) is 0 Å². The topological polar surface area (TPSA) is 3.24 Å². The SMILES string of the molecule is CC=C(C[SiH](CC)CC)C(C)N1CCCCCC1. The van der Waals surface area contributed by atoms with Crippen LogP contribution < -0.4 is 0 Å². The van der Waals surface area contributed by atoms with Crippen molar-refractivity contribution in [3.05, 3.63) is 11.6 Å². The summed E-state index contributed by atoms with van der Waals surface area (Å²) in [5, 5.41) is 0. The van der Waals surface area contributed by atoms with E-state index < -0.39 is 8.80 Å². The fourth-order valence-corrected chi connectivity index (χ4v) is 5.56. The molecule has 1 fully saturated rings. The van der Waals surface area contributed by atoms with E-state index in [0.717, 1.165) is 0 Å². The van der Waals surface area contributed by atoms with Gasteiger partial charge in [0.1, 0.15) is 0 Å². The van der Waals surface area contributed by atoms with Gasteiger partial charge in [0, 0.05) is 14.8 Å². The van der Waals surface area contributed by atoms with Gasteiger partial charge in [0.05, 0.1) is 0 Å². The third kappa shape index (κ3) is 4.89. The number of nitrogens with zero attached hydrogens (tertiary/aromatic N) is 1. The molecule has 106 valence electrons. The lowest BCUT2D eigenvalue weighted by atomic mass is 10.1. The number of rotatable bonds is 6. The molecule has 0 aliphatic carbocycles. The molecule has 2 heteroatoms. The van der Waals surface area contributed by atoms with E-state index in [2.05, 4.69) is 38.7 Å². The predicted octanol–water partition coefficient (Wildman–Crippen LogP) is 4.46. The van der Waals surface area contributed by atoms with E-state index in [1.165, 1.54) is 56.9 Å². The van der Waals surface area contributed by atoms with E-state index in [4.69, 9.17) is 0 Å². The average Bonchev–Trinajstić information content (AvgIpc) is 2.68. The number of allylic oxidation sites excluding steroid dienone is 1. The molecule has 1 atom stereocenters. The van der Waals surface area contributed by atoms with Gasteiger partial charge in [0.2, 0.25) is 0 Å². The lowest BCUT2D eigenvalue weighted by Gasteiger charge is -2.31. The van der Waals surface area contributed by atoms with Crippen LogP contribution in [-0.2, 0) is 0 Å². The highest BCUT2D eigenvalue weighted by atomic mass is 28.3. The Labute approximate surface area is 116 Å². The van der Waals surface area contributed by atoms with E-state index in [-0.39, 0.29) is 0 Å². The molecule has 0 bridgehead atoms. The first kappa shape index (κ1) is 16.0. The molecule has 0 aromatic heterocycles. The minimum atomic E-state index is -0.484. The average molecular weight is 268 g/mol. The van der Waals surface area contributed by atoms with Gasteiger partial charge in [-0.15, -0.1) is 0 Å². The molecular weight excluding hydrogens is 234 g/mol. The summed E-state index contributed by atoms with van der Waals surface area (Å²) in [6.07, 6.45) is 8.11. The molecule has 18 heavy (non-hydrogen) atoms. The van der Waals surface area contributed by atoms with Gasteiger partial charge in [-0.2, -0.15) is 0 Å². The summed E-state index contributed by atoms with van der Waals surface area (Å²) in [7, 11) is -0.484. The van der Waals surface area contributed by atoms with Crippen molar-refractivity contribution in [3.63, 3.8) is 0 Å². The number of hydrogen-bond donors (Lipinski definition) is 0. The minimum Gasteiger partial charge on any atom is -0.297 e. The molecule has 0 amide bonds. The first-order valence-electron chi connectivity index (χ1n) is 8.12. The van der Waals surface area contributed by atoms with E-state index in [1.807, 2.05) is 0 Å². The van der Waals surface area contributed by atoms with Crippen molar-refractivity contribution in [1.29, 1.82) is 0 Å². The second kappa shape index (κ2) is 8.92. The second-order valence-corrected chi connectivity index (χ2v) is 9.65. The molecule has 0 aromatic carbocycles. The van der Waals surface area contributed by atoms with Gasteiger partial charge in [-0.1, -0.05) is 50.4 Å². The molecule has 1 heterocycles. The van der Waals surface area contributed by atoms with Crippen LogP contribution in [0.25, 0.3) is 0 Å². The smallest absolute Gasteiger partial charge is 0.0404 e. The maximum absolute atomic E-state index is 2.74. The molecule has 0 spiro atoms. The molecule has 1 saturated heterocycles. The molecule has 0 aromatic rings. The molecule has 1 rings (SSSR count). The third-order valence-electron chi connectivity index (χ3n) is 4.77. The van der Waals surface area contributed by atoms with E-state index >= 15 is 0 Å². The van der Waals surface area contributed by atoms with Crippen molar-refractivity contribution >= 4 is 8.80 Å².